The third-order valence-corrected chi connectivity index (χ3v) is 7.60. The second-order valence-corrected chi connectivity index (χ2v) is 9.79. The maximum atomic E-state index is 12.9. The van der Waals surface area contributed by atoms with Crippen molar-refractivity contribution < 1.29 is 22.7 Å². The van der Waals surface area contributed by atoms with Crippen LogP contribution in [-0.2, 0) is 26.2 Å². The minimum atomic E-state index is -3.55. The molecule has 0 spiro atoms. The summed E-state index contributed by atoms with van der Waals surface area (Å²) in [6, 6.07) is 10.9. The van der Waals surface area contributed by atoms with E-state index in [1.807, 2.05) is 45.0 Å². The Balaban J connectivity index is 1.59. The zero-order valence-electron chi connectivity index (χ0n) is 18.0. The van der Waals surface area contributed by atoms with E-state index in [1.54, 1.807) is 19.2 Å². The summed E-state index contributed by atoms with van der Waals surface area (Å²) < 4.78 is 38.2. The average molecular weight is 432 g/mol. The van der Waals surface area contributed by atoms with Gasteiger partial charge in [-0.05, 0) is 69.0 Å². The van der Waals surface area contributed by atoms with Crippen molar-refractivity contribution >= 4 is 16.0 Å². The van der Waals surface area contributed by atoms with Gasteiger partial charge >= 0.3 is 5.97 Å². The highest BCUT2D eigenvalue weighted by atomic mass is 32.2. The molecule has 0 radical (unpaired) electrons. The molecule has 0 aromatic heterocycles. The largest absolute Gasteiger partial charge is 0.496 e. The summed E-state index contributed by atoms with van der Waals surface area (Å²) in [6.45, 7) is 6.59. The SMILES string of the molecule is COc1ccc(C)cc1COC(=O)C1CCN(S(=O)(=O)c2ccc(C)c(C)c2)CC1. The molecule has 162 valence electrons. The highest BCUT2D eigenvalue weighted by Crippen LogP contribution is 2.27. The third-order valence-electron chi connectivity index (χ3n) is 5.71. The van der Waals surface area contributed by atoms with Crippen LogP contribution in [0, 0.1) is 26.7 Å². The molecule has 1 heterocycles. The fraction of sp³-hybridized carbons (Fsp3) is 0.435. The summed E-state index contributed by atoms with van der Waals surface area (Å²) in [5.41, 5.74) is 3.88. The van der Waals surface area contributed by atoms with E-state index >= 15 is 0 Å². The first-order chi connectivity index (χ1) is 14.2. The molecule has 0 N–H and O–H groups in total. The lowest BCUT2D eigenvalue weighted by Gasteiger charge is -2.30. The minimum Gasteiger partial charge on any atom is -0.496 e. The molecule has 1 aliphatic rings. The lowest BCUT2D eigenvalue weighted by Crippen LogP contribution is -2.40. The first-order valence-corrected chi connectivity index (χ1v) is 11.5. The van der Waals surface area contributed by atoms with Gasteiger partial charge in [0.2, 0.25) is 10.0 Å². The van der Waals surface area contributed by atoms with Crippen LogP contribution in [-0.4, -0.2) is 38.9 Å². The summed E-state index contributed by atoms with van der Waals surface area (Å²) in [4.78, 5) is 12.8. The Morgan fingerprint density at radius 2 is 1.73 bits per heavy atom. The van der Waals surface area contributed by atoms with Gasteiger partial charge in [0.25, 0.3) is 0 Å². The summed E-state index contributed by atoms with van der Waals surface area (Å²) in [5.74, 6) is 0.0940. The van der Waals surface area contributed by atoms with Crippen molar-refractivity contribution in [3.05, 3.63) is 58.7 Å². The third kappa shape index (κ3) is 4.84. The first kappa shape index (κ1) is 22.3. The Hall–Kier alpha value is -2.38. The number of carbonyl (C=O) groups is 1. The van der Waals surface area contributed by atoms with Crippen molar-refractivity contribution in [3.8, 4) is 5.75 Å². The summed E-state index contributed by atoms with van der Waals surface area (Å²) in [6.07, 6.45) is 0.904. The van der Waals surface area contributed by atoms with Gasteiger partial charge in [-0.15, -0.1) is 0 Å². The van der Waals surface area contributed by atoms with Crippen LogP contribution in [0.1, 0.15) is 35.1 Å². The van der Waals surface area contributed by atoms with Gasteiger partial charge in [-0.3, -0.25) is 4.79 Å². The monoisotopic (exact) mass is 431 g/mol. The van der Waals surface area contributed by atoms with Crippen LogP contribution < -0.4 is 4.74 Å². The lowest BCUT2D eigenvalue weighted by molar-refractivity contribution is -0.151. The number of nitrogens with zero attached hydrogens (tertiary/aromatic N) is 1. The average Bonchev–Trinajstić information content (AvgIpc) is 2.74. The quantitative estimate of drug-likeness (QED) is 0.651. The van der Waals surface area contributed by atoms with Crippen molar-refractivity contribution in [1.29, 1.82) is 0 Å². The Morgan fingerprint density at radius 1 is 1.03 bits per heavy atom. The second kappa shape index (κ2) is 9.18. The smallest absolute Gasteiger partial charge is 0.309 e. The standard InChI is InChI=1S/C23H29NO5S/c1-16-5-8-22(28-4)20(13-16)15-29-23(25)19-9-11-24(12-10-19)30(26,27)21-7-6-17(2)18(3)14-21/h5-8,13-14,19H,9-12,15H2,1-4H3. The predicted octanol–water partition coefficient (Wildman–Crippen LogP) is 3.76. The van der Waals surface area contributed by atoms with E-state index in [-0.39, 0.29) is 18.5 Å². The van der Waals surface area contributed by atoms with Crippen molar-refractivity contribution in [3.63, 3.8) is 0 Å². The van der Waals surface area contributed by atoms with Gasteiger partial charge in [0.1, 0.15) is 12.4 Å². The van der Waals surface area contributed by atoms with Crippen molar-refractivity contribution in [2.45, 2.75) is 45.1 Å². The molecule has 0 atom stereocenters. The number of aryl methyl sites for hydroxylation is 3. The van der Waals surface area contributed by atoms with Crippen LogP contribution in [0.3, 0.4) is 0 Å². The number of methoxy groups -OCH3 is 1. The molecule has 0 amide bonds. The van der Waals surface area contributed by atoms with Gasteiger partial charge in [0.05, 0.1) is 17.9 Å². The van der Waals surface area contributed by atoms with E-state index in [9.17, 15) is 13.2 Å². The molecule has 1 saturated heterocycles. The van der Waals surface area contributed by atoms with E-state index in [2.05, 4.69) is 0 Å². The Morgan fingerprint density at radius 3 is 2.37 bits per heavy atom. The molecule has 2 aromatic rings. The van der Waals surface area contributed by atoms with Crippen LogP contribution >= 0.6 is 0 Å². The summed E-state index contributed by atoms with van der Waals surface area (Å²) >= 11 is 0. The summed E-state index contributed by atoms with van der Waals surface area (Å²) in [7, 11) is -1.97. The molecule has 30 heavy (non-hydrogen) atoms. The van der Waals surface area contributed by atoms with E-state index in [0.717, 1.165) is 22.3 Å². The Kier molecular flexibility index (Phi) is 6.83. The highest BCUT2D eigenvalue weighted by molar-refractivity contribution is 7.89. The molecule has 2 aromatic carbocycles. The molecule has 1 aliphatic heterocycles. The zero-order chi connectivity index (χ0) is 21.9. The fourth-order valence-corrected chi connectivity index (χ4v) is 5.20. The molecular formula is C23H29NO5S. The van der Waals surface area contributed by atoms with Crippen LogP contribution in [0.4, 0.5) is 0 Å². The van der Waals surface area contributed by atoms with Crippen LogP contribution in [0.15, 0.2) is 41.3 Å². The molecule has 3 rings (SSSR count). The van der Waals surface area contributed by atoms with E-state index in [1.165, 1.54) is 4.31 Å². The number of hydrogen-bond acceptors (Lipinski definition) is 5. The molecule has 0 saturated carbocycles. The molecular weight excluding hydrogens is 402 g/mol. The Labute approximate surface area is 178 Å². The van der Waals surface area contributed by atoms with Gasteiger partial charge in [-0.2, -0.15) is 4.31 Å². The maximum absolute atomic E-state index is 12.9. The minimum absolute atomic E-state index is 0.144. The number of piperidine rings is 1. The number of benzene rings is 2. The molecule has 0 bridgehead atoms. The molecule has 0 aliphatic carbocycles. The molecule has 6 nitrogen and oxygen atoms in total. The van der Waals surface area contributed by atoms with Crippen molar-refractivity contribution in [1.82, 2.24) is 4.31 Å². The second-order valence-electron chi connectivity index (χ2n) is 7.85. The van der Waals surface area contributed by atoms with Crippen LogP contribution in [0.2, 0.25) is 0 Å². The number of esters is 1. The number of hydrogen-bond donors (Lipinski definition) is 0. The Bertz CT molecular complexity index is 1020. The van der Waals surface area contributed by atoms with Crippen LogP contribution in [0.5, 0.6) is 5.75 Å². The maximum Gasteiger partial charge on any atom is 0.309 e. The number of ether oxygens (including phenoxy) is 2. The highest BCUT2D eigenvalue weighted by Gasteiger charge is 2.33. The number of carbonyl (C=O) groups excluding carboxylic acids is 1. The van der Waals surface area contributed by atoms with Gasteiger partial charge in [0, 0.05) is 18.7 Å². The zero-order valence-corrected chi connectivity index (χ0v) is 18.8. The molecule has 7 heteroatoms. The van der Waals surface area contributed by atoms with E-state index in [4.69, 9.17) is 9.47 Å². The molecule has 1 fully saturated rings. The van der Waals surface area contributed by atoms with Crippen LogP contribution in [0.25, 0.3) is 0 Å². The van der Waals surface area contributed by atoms with E-state index in [0.29, 0.717) is 36.6 Å². The van der Waals surface area contributed by atoms with Crippen molar-refractivity contribution in [2.24, 2.45) is 5.92 Å². The fourth-order valence-electron chi connectivity index (χ4n) is 3.64. The lowest BCUT2D eigenvalue weighted by atomic mass is 9.98. The number of sulfonamides is 1. The normalized spacial score (nSPS) is 15.7. The predicted molar refractivity (Wildman–Crippen MR) is 115 cm³/mol. The first-order valence-electron chi connectivity index (χ1n) is 10.1. The number of rotatable bonds is 6. The van der Waals surface area contributed by atoms with Crippen molar-refractivity contribution in [2.75, 3.05) is 20.2 Å². The van der Waals surface area contributed by atoms with Gasteiger partial charge < -0.3 is 9.47 Å². The van der Waals surface area contributed by atoms with Gasteiger partial charge in [-0.1, -0.05) is 17.7 Å². The van der Waals surface area contributed by atoms with Gasteiger partial charge in [-0.25, -0.2) is 8.42 Å². The van der Waals surface area contributed by atoms with Gasteiger partial charge in [0.15, 0.2) is 0 Å². The molecule has 0 unspecified atom stereocenters. The summed E-state index contributed by atoms with van der Waals surface area (Å²) in [5, 5.41) is 0. The topological polar surface area (TPSA) is 72.9 Å². The van der Waals surface area contributed by atoms with E-state index < -0.39 is 10.0 Å².